The lowest BCUT2D eigenvalue weighted by molar-refractivity contribution is 0.487. The molecule has 100 valence electrons. The van der Waals surface area contributed by atoms with Gasteiger partial charge in [-0.1, -0.05) is 0 Å². The van der Waals surface area contributed by atoms with Crippen molar-refractivity contribution in [2.45, 2.75) is 12.8 Å². The molecule has 0 aliphatic carbocycles. The Kier molecular flexibility index (Phi) is 3.55. The van der Waals surface area contributed by atoms with Crippen LogP contribution in [0.3, 0.4) is 0 Å². The van der Waals surface area contributed by atoms with E-state index in [2.05, 4.69) is 25.9 Å². The third-order valence-corrected chi connectivity index (χ3v) is 3.54. The molecule has 3 heterocycles. The van der Waals surface area contributed by atoms with Crippen LogP contribution in [0.1, 0.15) is 12.8 Å². The van der Waals surface area contributed by atoms with Crippen molar-refractivity contribution in [1.82, 2.24) is 15.0 Å². The van der Waals surface area contributed by atoms with E-state index >= 15 is 0 Å². The fourth-order valence-electron chi connectivity index (χ4n) is 2.44. The minimum atomic E-state index is 0.0900. The van der Waals surface area contributed by atoms with Crippen LogP contribution in [0.15, 0.2) is 36.9 Å². The van der Waals surface area contributed by atoms with E-state index in [-0.39, 0.29) is 5.92 Å². The van der Waals surface area contributed by atoms with E-state index in [1.54, 1.807) is 12.4 Å². The molecule has 2 aromatic rings. The second kappa shape index (κ2) is 5.66. The first-order valence-corrected chi connectivity index (χ1v) is 6.74. The van der Waals surface area contributed by atoms with Gasteiger partial charge < -0.3 is 4.90 Å². The predicted molar refractivity (Wildman–Crippen MR) is 75.8 cm³/mol. The average Bonchev–Trinajstić information content (AvgIpc) is 2.56. The summed E-state index contributed by atoms with van der Waals surface area (Å²) < 4.78 is 0. The zero-order chi connectivity index (χ0) is 13.8. The van der Waals surface area contributed by atoms with Crippen molar-refractivity contribution < 1.29 is 0 Å². The standard InChI is InChI=1S/C15H15N5/c16-8-12-2-1-7-20(11-12)15-18-9-14(10-19-15)13-3-5-17-6-4-13/h3-6,9-10,12H,1-2,7,11H2. The molecular formula is C15H15N5. The Morgan fingerprint density at radius 3 is 2.60 bits per heavy atom. The van der Waals surface area contributed by atoms with Crippen LogP contribution >= 0.6 is 0 Å². The first-order valence-electron chi connectivity index (χ1n) is 6.74. The number of hydrogen-bond donors (Lipinski definition) is 0. The number of nitriles is 1. The summed E-state index contributed by atoms with van der Waals surface area (Å²) in [6.07, 6.45) is 9.16. The molecule has 1 unspecified atom stereocenters. The first-order chi connectivity index (χ1) is 9.86. The normalized spacial score (nSPS) is 18.6. The van der Waals surface area contributed by atoms with Crippen LogP contribution in [0.4, 0.5) is 5.95 Å². The molecule has 0 bridgehead atoms. The highest BCUT2D eigenvalue weighted by Gasteiger charge is 2.21. The number of pyridine rings is 1. The van der Waals surface area contributed by atoms with E-state index in [1.165, 1.54) is 0 Å². The number of nitrogens with zero attached hydrogens (tertiary/aromatic N) is 5. The van der Waals surface area contributed by atoms with Crippen LogP contribution < -0.4 is 4.90 Å². The van der Waals surface area contributed by atoms with Crippen molar-refractivity contribution in [2.24, 2.45) is 5.92 Å². The van der Waals surface area contributed by atoms with Gasteiger partial charge in [-0.3, -0.25) is 4.98 Å². The smallest absolute Gasteiger partial charge is 0.225 e. The summed E-state index contributed by atoms with van der Waals surface area (Å²) in [5.74, 6) is 0.801. The molecule has 0 saturated carbocycles. The molecule has 0 N–H and O–H groups in total. The Bertz CT molecular complexity index is 602. The predicted octanol–water partition coefficient (Wildman–Crippen LogP) is 2.28. The first kappa shape index (κ1) is 12.5. The molecule has 5 nitrogen and oxygen atoms in total. The minimum Gasteiger partial charge on any atom is -0.340 e. The Morgan fingerprint density at radius 1 is 1.15 bits per heavy atom. The third kappa shape index (κ3) is 2.59. The van der Waals surface area contributed by atoms with Crippen molar-refractivity contribution in [2.75, 3.05) is 18.0 Å². The quantitative estimate of drug-likeness (QED) is 0.833. The lowest BCUT2D eigenvalue weighted by Gasteiger charge is -2.29. The van der Waals surface area contributed by atoms with Crippen molar-refractivity contribution in [1.29, 1.82) is 5.26 Å². The lowest BCUT2D eigenvalue weighted by Crippen LogP contribution is -2.35. The third-order valence-electron chi connectivity index (χ3n) is 3.54. The monoisotopic (exact) mass is 265 g/mol. The number of hydrogen-bond acceptors (Lipinski definition) is 5. The maximum absolute atomic E-state index is 9.03. The van der Waals surface area contributed by atoms with Gasteiger partial charge in [0, 0.05) is 43.4 Å². The number of rotatable bonds is 2. The van der Waals surface area contributed by atoms with Gasteiger partial charge >= 0.3 is 0 Å². The summed E-state index contributed by atoms with van der Waals surface area (Å²) in [4.78, 5) is 15.0. The van der Waals surface area contributed by atoms with Gasteiger partial charge in [-0.25, -0.2) is 9.97 Å². The molecule has 0 amide bonds. The number of anilines is 1. The van der Waals surface area contributed by atoms with Gasteiger partial charge in [0.15, 0.2) is 0 Å². The molecule has 0 aromatic carbocycles. The largest absolute Gasteiger partial charge is 0.340 e. The number of aromatic nitrogens is 3. The minimum absolute atomic E-state index is 0.0900. The van der Waals surface area contributed by atoms with Gasteiger partial charge in [-0.15, -0.1) is 0 Å². The average molecular weight is 265 g/mol. The van der Waals surface area contributed by atoms with Gasteiger partial charge in [-0.2, -0.15) is 5.26 Å². The number of piperidine rings is 1. The van der Waals surface area contributed by atoms with Gasteiger partial charge in [0.25, 0.3) is 0 Å². The van der Waals surface area contributed by atoms with Crippen LogP contribution in [0, 0.1) is 17.2 Å². The van der Waals surface area contributed by atoms with E-state index in [0.29, 0.717) is 5.95 Å². The lowest BCUT2D eigenvalue weighted by atomic mass is 10.0. The van der Waals surface area contributed by atoms with Gasteiger partial charge in [0.2, 0.25) is 5.95 Å². The van der Waals surface area contributed by atoms with Crippen LogP contribution in [-0.2, 0) is 0 Å². The van der Waals surface area contributed by atoms with Gasteiger partial charge in [0.05, 0.1) is 12.0 Å². The Balaban J connectivity index is 1.78. The highest BCUT2D eigenvalue weighted by molar-refractivity contribution is 5.61. The Labute approximate surface area is 117 Å². The summed E-state index contributed by atoms with van der Waals surface area (Å²) in [7, 11) is 0. The molecule has 1 aliphatic heterocycles. The molecule has 3 rings (SSSR count). The van der Waals surface area contributed by atoms with Gasteiger partial charge in [-0.05, 0) is 30.5 Å². The fraction of sp³-hybridized carbons (Fsp3) is 0.333. The highest BCUT2D eigenvalue weighted by atomic mass is 15.2. The maximum Gasteiger partial charge on any atom is 0.225 e. The van der Waals surface area contributed by atoms with Crippen molar-refractivity contribution in [3.63, 3.8) is 0 Å². The molecule has 0 radical (unpaired) electrons. The van der Waals surface area contributed by atoms with Crippen LogP contribution in [-0.4, -0.2) is 28.0 Å². The summed E-state index contributed by atoms with van der Waals surface area (Å²) in [6.45, 7) is 1.65. The highest BCUT2D eigenvalue weighted by Crippen LogP contribution is 2.21. The molecule has 2 aromatic heterocycles. The van der Waals surface area contributed by atoms with Gasteiger partial charge in [0.1, 0.15) is 0 Å². The summed E-state index contributed by atoms with van der Waals surface area (Å²) >= 11 is 0. The molecule has 5 heteroatoms. The Hall–Kier alpha value is -2.48. The SMILES string of the molecule is N#CC1CCCN(c2ncc(-c3ccncc3)cn2)C1. The second-order valence-electron chi connectivity index (χ2n) is 4.92. The van der Waals surface area contributed by atoms with Crippen LogP contribution in [0.25, 0.3) is 11.1 Å². The molecule has 0 spiro atoms. The topological polar surface area (TPSA) is 65.7 Å². The Morgan fingerprint density at radius 2 is 1.90 bits per heavy atom. The zero-order valence-electron chi connectivity index (χ0n) is 11.1. The van der Waals surface area contributed by atoms with Crippen molar-refractivity contribution in [3.05, 3.63) is 36.9 Å². The molecule has 1 saturated heterocycles. The molecular weight excluding hydrogens is 250 g/mol. The molecule has 1 atom stereocenters. The summed E-state index contributed by atoms with van der Waals surface area (Å²) in [6, 6.07) is 6.21. The molecule has 1 aliphatic rings. The fourth-order valence-corrected chi connectivity index (χ4v) is 2.44. The van der Waals surface area contributed by atoms with E-state index in [4.69, 9.17) is 5.26 Å². The van der Waals surface area contributed by atoms with E-state index < -0.39 is 0 Å². The summed E-state index contributed by atoms with van der Waals surface area (Å²) in [5, 5.41) is 9.03. The van der Waals surface area contributed by atoms with E-state index in [1.807, 2.05) is 24.5 Å². The summed E-state index contributed by atoms with van der Waals surface area (Å²) in [5.41, 5.74) is 2.03. The van der Waals surface area contributed by atoms with Crippen LogP contribution in [0.5, 0.6) is 0 Å². The van der Waals surface area contributed by atoms with Crippen molar-refractivity contribution in [3.8, 4) is 17.2 Å². The molecule has 20 heavy (non-hydrogen) atoms. The van der Waals surface area contributed by atoms with Crippen LogP contribution in [0.2, 0.25) is 0 Å². The second-order valence-corrected chi connectivity index (χ2v) is 4.92. The maximum atomic E-state index is 9.03. The van der Waals surface area contributed by atoms with E-state index in [0.717, 1.165) is 37.1 Å². The van der Waals surface area contributed by atoms with E-state index in [9.17, 15) is 0 Å². The zero-order valence-corrected chi connectivity index (χ0v) is 11.1. The van der Waals surface area contributed by atoms with Crippen molar-refractivity contribution >= 4 is 5.95 Å². The molecule has 1 fully saturated rings.